The highest BCUT2D eigenvalue weighted by Crippen LogP contribution is 2.38. The monoisotopic (exact) mass is 497 g/mol. The lowest BCUT2D eigenvalue weighted by atomic mass is 9.98. The van der Waals surface area contributed by atoms with Gasteiger partial charge in [0.05, 0.1) is 17.0 Å². The van der Waals surface area contributed by atoms with Gasteiger partial charge >= 0.3 is 12.1 Å². The second kappa shape index (κ2) is 10.3. The van der Waals surface area contributed by atoms with Crippen LogP contribution in [-0.4, -0.2) is 11.1 Å². The molecular weight excluding hydrogens is 471 g/mol. The van der Waals surface area contributed by atoms with E-state index in [1.807, 2.05) is 13.8 Å². The van der Waals surface area contributed by atoms with E-state index in [0.717, 1.165) is 5.57 Å². The van der Waals surface area contributed by atoms with Crippen LogP contribution < -0.4 is 10.7 Å². The Morgan fingerprint density at radius 3 is 2.33 bits per heavy atom. The zero-order valence-electron chi connectivity index (χ0n) is 20.3. The van der Waals surface area contributed by atoms with Crippen LogP contribution in [0.15, 0.2) is 87.3 Å². The summed E-state index contributed by atoms with van der Waals surface area (Å²) in [5, 5.41) is 12.3. The van der Waals surface area contributed by atoms with E-state index in [9.17, 15) is 27.9 Å². The highest BCUT2D eigenvalue weighted by molar-refractivity contribution is 5.91. The van der Waals surface area contributed by atoms with Crippen LogP contribution in [0, 0.1) is 6.92 Å². The van der Waals surface area contributed by atoms with E-state index in [0.29, 0.717) is 11.1 Å². The SMILES string of the molecule is C=C(C(=O)O)/C(=C\C=C(C)C)NC(C)c1cc(C)cc2c(=O)c(C(F)(F)F)c(-c3ccccc3)oc12. The van der Waals surface area contributed by atoms with Gasteiger partial charge in [-0.15, -0.1) is 0 Å². The summed E-state index contributed by atoms with van der Waals surface area (Å²) < 4.78 is 47.9. The van der Waals surface area contributed by atoms with Crippen molar-refractivity contribution in [1.29, 1.82) is 0 Å². The summed E-state index contributed by atoms with van der Waals surface area (Å²) in [6.07, 6.45) is -1.67. The maximum Gasteiger partial charge on any atom is 0.423 e. The Kier molecular flexibility index (Phi) is 7.57. The first-order valence-corrected chi connectivity index (χ1v) is 11.1. The van der Waals surface area contributed by atoms with Crippen LogP contribution in [-0.2, 0) is 11.0 Å². The van der Waals surface area contributed by atoms with Gasteiger partial charge in [0.2, 0.25) is 5.43 Å². The average molecular weight is 498 g/mol. The maximum atomic E-state index is 14.0. The number of nitrogens with one attached hydrogen (secondary N) is 1. The fourth-order valence-corrected chi connectivity index (χ4v) is 3.76. The first-order valence-electron chi connectivity index (χ1n) is 11.1. The molecule has 8 heteroatoms. The van der Waals surface area contributed by atoms with Gasteiger partial charge in [0.25, 0.3) is 0 Å². The second-order valence-corrected chi connectivity index (χ2v) is 8.70. The Balaban J connectivity index is 2.29. The van der Waals surface area contributed by atoms with Crippen LogP contribution in [0.5, 0.6) is 0 Å². The molecule has 0 radical (unpaired) electrons. The summed E-state index contributed by atoms with van der Waals surface area (Å²) in [5.41, 5.74) is -0.582. The molecule has 5 nitrogen and oxygen atoms in total. The molecule has 2 N–H and O–H groups in total. The normalized spacial score (nSPS) is 12.8. The average Bonchev–Trinajstić information content (AvgIpc) is 2.80. The predicted molar refractivity (Wildman–Crippen MR) is 133 cm³/mol. The van der Waals surface area contributed by atoms with Crippen molar-refractivity contribution in [3.05, 3.63) is 105 Å². The molecule has 1 heterocycles. The standard InChI is InChI=1S/C28H26F3NO4/c1-15(2)11-12-22(17(4)27(34)35)32-18(5)20-13-16(3)14-21-24(33)23(28(29,30)31)25(36-26(20)21)19-9-7-6-8-10-19/h6-14,18,32H,4H2,1-3,5H3,(H,34,35)/b22-12+. The van der Waals surface area contributed by atoms with E-state index in [4.69, 9.17) is 4.42 Å². The van der Waals surface area contributed by atoms with Crippen molar-refractivity contribution in [1.82, 2.24) is 5.32 Å². The Morgan fingerprint density at radius 2 is 1.78 bits per heavy atom. The van der Waals surface area contributed by atoms with Crippen molar-refractivity contribution in [3.8, 4) is 11.3 Å². The zero-order chi connectivity index (χ0) is 26.8. The highest BCUT2D eigenvalue weighted by Gasteiger charge is 2.39. The number of hydrogen-bond acceptors (Lipinski definition) is 4. The lowest BCUT2D eigenvalue weighted by molar-refractivity contribution is -0.138. The molecule has 0 saturated carbocycles. The number of fused-ring (bicyclic) bond motifs is 1. The van der Waals surface area contributed by atoms with Crippen LogP contribution in [0.2, 0.25) is 0 Å². The molecule has 0 spiro atoms. The van der Waals surface area contributed by atoms with Gasteiger partial charge in [0.15, 0.2) is 5.76 Å². The number of allylic oxidation sites excluding steroid dienone is 3. The molecule has 1 unspecified atom stereocenters. The molecule has 188 valence electrons. The van der Waals surface area contributed by atoms with Crippen molar-refractivity contribution in [2.45, 2.75) is 39.9 Å². The molecular formula is C28H26F3NO4. The third-order valence-electron chi connectivity index (χ3n) is 5.49. The molecule has 1 atom stereocenters. The van der Waals surface area contributed by atoms with Gasteiger partial charge in [-0.2, -0.15) is 13.2 Å². The minimum atomic E-state index is -4.94. The number of rotatable bonds is 7. The number of alkyl halides is 3. The molecule has 0 fully saturated rings. The number of carboxylic acids is 1. The van der Waals surface area contributed by atoms with Crippen LogP contribution in [0.4, 0.5) is 13.2 Å². The quantitative estimate of drug-likeness (QED) is 0.273. The number of halogens is 3. The van der Waals surface area contributed by atoms with Crippen molar-refractivity contribution < 1.29 is 27.5 Å². The fourth-order valence-electron chi connectivity index (χ4n) is 3.76. The van der Waals surface area contributed by atoms with E-state index in [-0.39, 0.29) is 27.8 Å². The number of hydrogen-bond donors (Lipinski definition) is 2. The summed E-state index contributed by atoms with van der Waals surface area (Å²) in [6, 6.07) is 10.0. The molecule has 2 aromatic carbocycles. The third kappa shape index (κ3) is 5.59. The summed E-state index contributed by atoms with van der Waals surface area (Å²) in [5.74, 6) is -1.81. The van der Waals surface area contributed by atoms with Gasteiger partial charge < -0.3 is 14.8 Å². The van der Waals surface area contributed by atoms with Gasteiger partial charge in [-0.05, 0) is 45.4 Å². The van der Waals surface area contributed by atoms with Crippen LogP contribution >= 0.6 is 0 Å². The van der Waals surface area contributed by atoms with Gasteiger partial charge in [-0.25, -0.2) is 4.79 Å². The second-order valence-electron chi connectivity index (χ2n) is 8.70. The lowest BCUT2D eigenvalue weighted by Gasteiger charge is -2.21. The summed E-state index contributed by atoms with van der Waals surface area (Å²) in [7, 11) is 0. The molecule has 3 rings (SSSR count). The maximum absolute atomic E-state index is 14.0. The van der Waals surface area contributed by atoms with E-state index < -0.39 is 34.9 Å². The van der Waals surface area contributed by atoms with Gasteiger partial charge in [0.1, 0.15) is 11.1 Å². The van der Waals surface area contributed by atoms with Crippen LogP contribution in [0.25, 0.3) is 22.3 Å². The van der Waals surface area contributed by atoms with Crippen molar-refractivity contribution >= 4 is 16.9 Å². The number of carboxylic acid groups (broad SMARTS) is 1. The third-order valence-corrected chi connectivity index (χ3v) is 5.49. The first-order chi connectivity index (χ1) is 16.8. The van der Waals surface area contributed by atoms with E-state index in [1.165, 1.54) is 18.2 Å². The fraction of sp³-hybridized carbons (Fsp3) is 0.214. The smallest absolute Gasteiger partial charge is 0.423 e. The van der Waals surface area contributed by atoms with Crippen molar-refractivity contribution in [3.63, 3.8) is 0 Å². The predicted octanol–water partition coefficient (Wildman–Crippen LogP) is 6.93. The van der Waals surface area contributed by atoms with Gasteiger partial charge in [-0.1, -0.05) is 54.6 Å². The van der Waals surface area contributed by atoms with E-state index >= 15 is 0 Å². The number of carbonyl (C=O) groups is 1. The van der Waals surface area contributed by atoms with Crippen molar-refractivity contribution in [2.75, 3.05) is 0 Å². The molecule has 36 heavy (non-hydrogen) atoms. The Bertz CT molecular complexity index is 1440. The van der Waals surface area contributed by atoms with Crippen molar-refractivity contribution in [2.24, 2.45) is 0 Å². The topological polar surface area (TPSA) is 79.5 Å². The molecule has 0 amide bonds. The Labute approximate surface area is 206 Å². The molecule has 0 aliphatic rings. The summed E-state index contributed by atoms with van der Waals surface area (Å²) >= 11 is 0. The van der Waals surface area contributed by atoms with Gasteiger partial charge in [-0.3, -0.25) is 4.79 Å². The Morgan fingerprint density at radius 1 is 1.14 bits per heavy atom. The molecule has 0 saturated heterocycles. The molecule has 0 bridgehead atoms. The zero-order valence-corrected chi connectivity index (χ0v) is 20.3. The number of aliphatic carboxylic acids is 1. The van der Waals surface area contributed by atoms with E-state index in [2.05, 4.69) is 11.9 Å². The molecule has 0 aliphatic heterocycles. The highest BCUT2D eigenvalue weighted by atomic mass is 19.4. The molecule has 1 aromatic heterocycles. The number of aryl methyl sites for hydroxylation is 1. The number of benzene rings is 2. The largest absolute Gasteiger partial charge is 0.478 e. The lowest BCUT2D eigenvalue weighted by Crippen LogP contribution is -2.24. The first kappa shape index (κ1) is 26.5. The summed E-state index contributed by atoms with van der Waals surface area (Å²) in [4.78, 5) is 24.8. The summed E-state index contributed by atoms with van der Waals surface area (Å²) in [6.45, 7) is 10.6. The molecule has 0 aliphatic carbocycles. The molecule has 3 aromatic rings. The van der Waals surface area contributed by atoms with E-state index in [1.54, 1.807) is 50.3 Å². The minimum absolute atomic E-state index is 0.0139. The van der Waals surface area contributed by atoms with Crippen LogP contribution in [0.1, 0.15) is 43.5 Å². The van der Waals surface area contributed by atoms with Crippen LogP contribution in [0.3, 0.4) is 0 Å². The minimum Gasteiger partial charge on any atom is -0.478 e. The Hall–Kier alpha value is -4.07. The van der Waals surface area contributed by atoms with Gasteiger partial charge in [0, 0.05) is 16.8 Å².